The molecule has 2 aromatic heterocycles. The second-order valence-electron chi connectivity index (χ2n) is 5.11. The smallest absolute Gasteiger partial charge is 0.267 e. The second-order valence-corrected chi connectivity index (χ2v) is 5.11. The van der Waals surface area contributed by atoms with Gasteiger partial charge in [-0.25, -0.2) is 9.67 Å². The number of nitrogens with zero attached hydrogens (tertiary/aromatic N) is 3. The van der Waals surface area contributed by atoms with Crippen molar-refractivity contribution >= 4 is 17.6 Å². The lowest BCUT2D eigenvalue weighted by atomic mass is 10.1. The van der Waals surface area contributed by atoms with Crippen molar-refractivity contribution in [2.45, 2.75) is 6.42 Å². The predicted molar refractivity (Wildman–Crippen MR) is 88.7 cm³/mol. The maximum absolute atomic E-state index is 12.1. The standard InChI is InChI=1S/C17H15N5O2/c18-17(24)14-3-1-4-15(20-14)21-16(23)11-12-5-7-13(8-6-12)22-10-2-9-19-22/h1-10H,11H2,(H2,18,24)(H,20,21,23). The van der Waals surface area contributed by atoms with Gasteiger partial charge in [-0.05, 0) is 35.9 Å². The third kappa shape index (κ3) is 3.64. The summed E-state index contributed by atoms with van der Waals surface area (Å²) in [5.41, 5.74) is 7.05. The van der Waals surface area contributed by atoms with Gasteiger partial charge < -0.3 is 11.1 Å². The normalized spacial score (nSPS) is 10.3. The van der Waals surface area contributed by atoms with E-state index in [0.717, 1.165) is 11.3 Å². The average Bonchev–Trinajstić information content (AvgIpc) is 3.10. The summed E-state index contributed by atoms with van der Waals surface area (Å²) in [5, 5.41) is 6.80. The van der Waals surface area contributed by atoms with Gasteiger partial charge in [0.2, 0.25) is 5.91 Å². The van der Waals surface area contributed by atoms with Gasteiger partial charge in [-0.15, -0.1) is 0 Å². The first-order valence-electron chi connectivity index (χ1n) is 7.27. The van der Waals surface area contributed by atoms with Crippen LogP contribution in [0.4, 0.5) is 5.82 Å². The highest BCUT2D eigenvalue weighted by Crippen LogP contribution is 2.10. The number of amides is 2. The van der Waals surface area contributed by atoms with Crippen molar-refractivity contribution in [3.63, 3.8) is 0 Å². The van der Waals surface area contributed by atoms with E-state index < -0.39 is 5.91 Å². The zero-order chi connectivity index (χ0) is 16.9. The molecule has 0 aliphatic carbocycles. The topological polar surface area (TPSA) is 103 Å². The molecule has 0 aliphatic heterocycles. The number of nitrogens with one attached hydrogen (secondary N) is 1. The first kappa shape index (κ1) is 15.4. The number of rotatable bonds is 5. The Kier molecular flexibility index (Phi) is 4.33. The van der Waals surface area contributed by atoms with E-state index in [-0.39, 0.29) is 18.0 Å². The highest BCUT2D eigenvalue weighted by molar-refractivity contribution is 5.94. The summed E-state index contributed by atoms with van der Waals surface area (Å²) >= 11 is 0. The number of anilines is 1. The van der Waals surface area contributed by atoms with Crippen molar-refractivity contribution in [3.8, 4) is 5.69 Å². The van der Waals surface area contributed by atoms with Crippen molar-refractivity contribution in [1.29, 1.82) is 0 Å². The first-order chi connectivity index (χ1) is 11.6. The van der Waals surface area contributed by atoms with Crippen LogP contribution in [0.2, 0.25) is 0 Å². The Morgan fingerprint density at radius 2 is 1.88 bits per heavy atom. The molecule has 0 saturated heterocycles. The first-order valence-corrected chi connectivity index (χ1v) is 7.27. The number of benzene rings is 1. The third-order valence-corrected chi connectivity index (χ3v) is 3.34. The van der Waals surface area contributed by atoms with Crippen LogP contribution in [-0.4, -0.2) is 26.6 Å². The van der Waals surface area contributed by atoms with Crippen LogP contribution in [0.1, 0.15) is 16.1 Å². The van der Waals surface area contributed by atoms with Gasteiger partial charge in [0.05, 0.1) is 12.1 Å². The molecule has 0 spiro atoms. The lowest BCUT2D eigenvalue weighted by Crippen LogP contribution is -2.18. The van der Waals surface area contributed by atoms with Crippen molar-refractivity contribution in [1.82, 2.24) is 14.8 Å². The van der Waals surface area contributed by atoms with Crippen LogP contribution >= 0.6 is 0 Å². The maximum Gasteiger partial charge on any atom is 0.267 e. The Morgan fingerprint density at radius 1 is 1.08 bits per heavy atom. The molecule has 7 nitrogen and oxygen atoms in total. The van der Waals surface area contributed by atoms with Crippen molar-refractivity contribution < 1.29 is 9.59 Å². The quantitative estimate of drug-likeness (QED) is 0.744. The zero-order valence-corrected chi connectivity index (χ0v) is 12.7. The Balaban J connectivity index is 1.64. The number of primary amides is 1. The highest BCUT2D eigenvalue weighted by Gasteiger charge is 2.08. The molecule has 7 heteroatoms. The van der Waals surface area contributed by atoms with E-state index in [4.69, 9.17) is 5.73 Å². The number of pyridine rings is 1. The van der Waals surface area contributed by atoms with Crippen molar-refractivity contribution in [2.75, 3.05) is 5.32 Å². The van der Waals surface area contributed by atoms with Gasteiger partial charge in [-0.3, -0.25) is 9.59 Å². The van der Waals surface area contributed by atoms with Crippen LogP contribution < -0.4 is 11.1 Å². The molecule has 0 unspecified atom stereocenters. The Morgan fingerprint density at radius 3 is 2.54 bits per heavy atom. The van der Waals surface area contributed by atoms with Gasteiger partial charge in [0.15, 0.2) is 0 Å². The minimum Gasteiger partial charge on any atom is -0.364 e. The predicted octanol–water partition coefficient (Wildman–Crippen LogP) is 1.55. The van der Waals surface area contributed by atoms with Crippen LogP contribution in [0, 0.1) is 0 Å². The Bertz CT molecular complexity index is 857. The summed E-state index contributed by atoms with van der Waals surface area (Å²) in [6.45, 7) is 0. The molecule has 3 rings (SSSR count). The SMILES string of the molecule is NC(=O)c1cccc(NC(=O)Cc2ccc(-n3cccn3)cc2)n1. The number of carbonyl (C=O) groups excluding carboxylic acids is 2. The zero-order valence-electron chi connectivity index (χ0n) is 12.7. The molecular weight excluding hydrogens is 306 g/mol. The fourth-order valence-corrected chi connectivity index (χ4v) is 2.20. The summed E-state index contributed by atoms with van der Waals surface area (Å²) in [5.74, 6) is -0.569. The molecule has 2 heterocycles. The minimum atomic E-state index is -0.639. The Hall–Kier alpha value is -3.48. The van der Waals surface area contributed by atoms with Crippen LogP contribution in [0.5, 0.6) is 0 Å². The minimum absolute atomic E-state index is 0.108. The molecule has 0 aliphatic rings. The molecular formula is C17H15N5O2. The molecule has 0 atom stereocenters. The maximum atomic E-state index is 12.1. The van der Waals surface area contributed by atoms with E-state index in [1.54, 1.807) is 23.0 Å². The van der Waals surface area contributed by atoms with Crippen molar-refractivity contribution in [3.05, 3.63) is 72.2 Å². The number of hydrogen-bond donors (Lipinski definition) is 2. The molecule has 120 valence electrons. The second kappa shape index (κ2) is 6.74. The molecule has 0 saturated carbocycles. The lowest BCUT2D eigenvalue weighted by molar-refractivity contribution is -0.115. The Labute approximate surface area is 138 Å². The summed E-state index contributed by atoms with van der Waals surface area (Å²) in [4.78, 5) is 27.2. The van der Waals surface area contributed by atoms with Gasteiger partial charge in [0, 0.05) is 12.4 Å². The van der Waals surface area contributed by atoms with Gasteiger partial charge in [-0.1, -0.05) is 18.2 Å². The third-order valence-electron chi connectivity index (χ3n) is 3.34. The van der Waals surface area contributed by atoms with E-state index in [1.165, 1.54) is 6.07 Å². The number of aromatic nitrogens is 3. The number of nitrogens with two attached hydrogens (primary N) is 1. The summed E-state index contributed by atoms with van der Waals surface area (Å²) in [6, 6.07) is 14.1. The lowest BCUT2D eigenvalue weighted by Gasteiger charge is -2.06. The van der Waals surface area contributed by atoms with Crippen molar-refractivity contribution in [2.24, 2.45) is 5.73 Å². The molecule has 0 fully saturated rings. The van der Waals surface area contributed by atoms with E-state index in [0.29, 0.717) is 5.82 Å². The largest absolute Gasteiger partial charge is 0.364 e. The van der Waals surface area contributed by atoms with E-state index in [1.807, 2.05) is 36.5 Å². The van der Waals surface area contributed by atoms with E-state index in [2.05, 4.69) is 15.4 Å². The van der Waals surface area contributed by atoms with Crippen LogP contribution in [0.15, 0.2) is 60.9 Å². The molecule has 3 N–H and O–H groups in total. The molecule has 2 amide bonds. The van der Waals surface area contributed by atoms with Gasteiger partial charge in [0.25, 0.3) is 5.91 Å². The fourth-order valence-electron chi connectivity index (χ4n) is 2.20. The number of hydrogen-bond acceptors (Lipinski definition) is 4. The molecule has 0 bridgehead atoms. The van der Waals surface area contributed by atoms with Gasteiger partial charge in [0.1, 0.15) is 11.5 Å². The van der Waals surface area contributed by atoms with E-state index in [9.17, 15) is 9.59 Å². The summed E-state index contributed by atoms with van der Waals surface area (Å²) in [7, 11) is 0. The summed E-state index contributed by atoms with van der Waals surface area (Å²) in [6.07, 6.45) is 3.75. The van der Waals surface area contributed by atoms with E-state index >= 15 is 0 Å². The summed E-state index contributed by atoms with van der Waals surface area (Å²) < 4.78 is 1.74. The molecule has 0 radical (unpaired) electrons. The molecule has 1 aromatic carbocycles. The van der Waals surface area contributed by atoms with Crippen LogP contribution in [0.25, 0.3) is 5.69 Å². The number of carbonyl (C=O) groups is 2. The van der Waals surface area contributed by atoms with Gasteiger partial charge >= 0.3 is 0 Å². The average molecular weight is 321 g/mol. The molecule has 3 aromatic rings. The monoisotopic (exact) mass is 321 g/mol. The molecule has 24 heavy (non-hydrogen) atoms. The fraction of sp³-hybridized carbons (Fsp3) is 0.0588. The van der Waals surface area contributed by atoms with Gasteiger partial charge in [-0.2, -0.15) is 5.10 Å². The highest BCUT2D eigenvalue weighted by atomic mass is 16.2. The van der Waals surface area contributed by atoms with Crippen LogP contribution in [-0.2, 0) is 11.2 Å². The van der Waals surface area contributed by atoms with Crippen LogP contribution in [0.3, 0.4) is 0 Å².